The Kier molecular flexibility index (Phi) is 5.13. The Bertz CT molecular complexity index is 1420. The maximum atomic E-state index is 13.1. The number of nitrogens with zero attached hydrogens (tertiary/aromatic N) is 1. The van der Waals surface area contributed by atoms with E-state index in [1.165, 1.54) is 11.1 Å². The Hall–Kier alpha value is -4.06. The molecule has 1 atom stereocenters. The van der Waals surface area contributed by atoms with Crippen LogP contribution in [-0.4, -0.2) is 11.1 Å². The van der Waals surface area contributed by atoms with Crippen LogP contribution in [0.15, 0.2) is 75.9 Å². The molecule has 1 aromatic heterocycles. The molecule has 0 amide bonds. The number of rotatable bonds is 5. The molecule has 0 fully saturated rings. The maximum absolute atomic E-state index is 13.1. The molecule has 1 aliphatic rings. The van der Waals surface area contributed by atoms with Crippen LogP contribution >= 0.6 is 0 Å². The predicted octanol–water partition coefficient (Wildman–Crippen LogP) is 5.49. The molecule has 6 heteroatoms. The minimum absolute atomic E-state index is 0.0923. The predicted molar refractivity (Wildman–Crippen MR) is 129 cm³/mol. The molecule has 2 heterocycles. The van der Waals surface area contributed by atoms with Gasteiger partial charge in [-0.15, -0.1) is 0 Å². The average molecular weight is 440 g/mol. The Morgan fingerprint density at radius 3 is 2.39 bits per heavy atom. The molecule has 1 aliphatic heterocycles. The fourth-order valence-corrected chi connectivity index (χ4v) is 4.50. The van der Waals surface area contributed by atoms with Gasteiger partial charge in [0.25, 0.3) is 0 Å². The Morgan fingerprint density at radius 1 is 1.03 bits per heavy atom. The summed E-state index contributed by atoms with van der Waals surface area (Å²) in [5, 5.41) is 13.3. The van der Waals surface area contributed by atoms with Gasteiger partial charge in [0.15, 0.2) is 5.43 Å². The summed E-state index contributed by atoms with van der Waals surface area (Å²) in [6.45, 7) is 5.24. The SMILES string of the molecule is Cc1cc(C(C)Nc2ccccc2C(=O)O)c2oc(N3Cc4ccccc4C3)cc(=O)c2c1. The van der Waals surface area contributed by atoms with E-state index < -0.39 is 5.97 Å². The third-order valence-corrected chi connectivity index (χ3v) is 6.14. The molecule has 4 aromatic rings. The summed E-state index contributed by atoms with van der Waals surface area (Å²) in [4.78, 5) is 26.8. The van der Waals surface area contributed by atoms with E-state index in [2.05, 4.69) is 22.3 Å². The fourth-order valence-electron chi connectivity index (χ4n) is 4.50. The smallest absolute Gasteiger partial charge is 0.337 e. The molecule has 5 rings (SSSR count). The number of carboxylic acid groups (broad SMARTS) is 1. The number of para-hydroxylation sites is 1. The lowest BCUT2D eigenvalue weighted by Crippen LogP contribution is -2.17. The van der Waals surface area contributed by atoms with Crippen LogP contribution in [-0.2, 0) is 13.1 Å². The van der Waals surface area contributed by atoms with Crippen LogP contribution in [0.5, 0.6) is 0 Å². The molecule has 33 heavy (non-hydrogen) atoms. The van der Waals surface area contributed by atoms with Crippen molar-refractivity contribution in [1.82, 2.24) is 0 Å². The van der Waals surface area contributed by atoms with Crippen LogP contribution in [0.3, 0.4) is 0 Å². The molecule has 3 aromatic carbocycles. The summed E-state index contributed by atoms with van der Waals surface area (Å²) in [6.07, 6.45) is 0. The topological polar surface area (TPSA) is 82.8 Å². The fraction of sp³-hybridized carbons (Fsp3) is 0.185. The van der Waals surface area contributed by atoms with Crippen molar-refractivity contribution in [2.24, 2.45) is 0 Å². The third kappa shape index (κ3) is 3.84. The van der Waals surface area contributed by atoms with Gasteiger partial charge in [0.05, 0.1) is 17.0 Å². The van der Waals surface area contributed by atoms with Gasteiger partial charge < -0.3 is 19.7 Å². The molecule has 2 N–H and O–H groups in total. The van der Waals surface area contributed by atoms with Crippen molar-refractivity contribution in [1.29, 1.82) is 0 Å². The monoisotopic (exact) mass is 440 g/mol. The highest BCUT2D eigenvalue weighted by Gasteiger charge is 2.23. The van der Waals surface area contributed by atoms with E-state index in [4.69, 9.17) is 4.42 Å². The molecule has 0 radical (unpaired) electrons. The van der Waals surface area contributed by atoms with E-state index in [-0.39, 0.29) is 17.0 Å². The minimum atomic E-state index is -0.998. The number of carbonyl (C=O) groups is 1. The number of hydrogen-bond donors (Lipinski definition) is 2. The molecule has 6 nitrogen and oxygen atoms in total. The van der Waals surface area contributed by atoms with E-state index in [1.807, 2.05) is 38.1 Å². The van der Waals surface area contributed by atoms with Gasteiger partial charge in [-0.3, -0.25) is 4.79 Å². The van der Waals surface area contributed by atoms with Crippen molar-refractivity contribution in [2.75, 3.05) is 10.2 Å². The van der Waals surface area contributed by atoms with E-state index in [0.717, 1.165) is 11.1 Å². The molecule has 0 aliphatic carbocycles. The quantitative estimate of drug-likeness (QED) is 0.427. The lowest BCUT2D eigenvalue weighted by Gasteiger charge is -2.21. The normalized spacial score (nSPS) is 13.7. The largest absolute Gasteiger partial charge is 0.478 e. The number of aryl methyl sites for hydroxylation is 1. The van der Waals surface area contributed by atoms with Gasteiger partial charge in [-0.2, -0.15) is 0 Å². The minimum Gasteiger partial charge on any atom is -0.478 e. The molecule has 1 unspecified atom stereocenters. The van der Waals surface area contributed by atoms with Gasteiger partial charge in [0.1, 0.15) is 5.58 Å². The molecule has 0 bridgehead atoms. The third-order valence-electron chi connectivity index (χ3n) is 6.14. The summed E-state index contributed by atoms with van der Waals surface area (Å²) >= 11 is 0. The first-order valence-corrected chi connectivity index (χ1v) is 10.9. The van der Waals surface area contributed by atoms with Crippen molar-refractivity contribution in [3.05, 3.63) is 105 Å². The molecule has 0 saturated carbocycles. The second-order valence-corrected chi connectivity index (χ2v) is 8.52. The highest BCUT2D eigenvalue weighted by Crippen LogP contribution is 2.33. The van der Waals surface area contributed by atoms with E-state index >= 15 is 0 Å². The van der Waals surface area contributed by atoms with Gasteiger partial charge >= 0.3 is 5.97 Å². The lowest BCUT2D eigenvalue weighted by atomic mass is 10.0. The van der Waals surface area contributed by atoms with E-state index in [9.17, 15) is 14.7 Å². The number of fused-ring (bicyclic) bond motifs is 2. The second-order valence-electron chi connectivity index (χ2n) is 8.52. The van der Waals surface area contributed by atoms with Crippen LogP contribution < -0.4 is 15.6 Å². The highest BCUT2D eigenvalue weighted by molar-refractivity contribution is 5.94. The first kappa shape index (κ1) is 20.8. The number of anilines is 2. The van der Waals surface area contributed by atoms with Gasteiger partial charge in [-0.1, -0.05) is 42.5 Å². The van der Waals surface area contributed by atoms with Gasteiger partial charge in [-0.05, 0) is 48.7 Å². The Morgan fingerprint density at radius 2 is 1.70 bits per heavy atom. The zero-order valence-corrected chi connectivity index (χ0v) is 18.5. The molecule has 0 saturated heterocycles. The van der Waals surface area contributed by atoms with Crippen LogP contribution in [0.4, 0.5) is 11.6 Å². The van der Waals surface area contributed by atoms with E-state index in [0.29, 0.717) is 35.6 Å². The molecule has 0 spiro atoms. The van der Waals surface area contributed by atoms with Gasteiger partial charge in [-0.25, -0.2) is 4.79 Å². The van der Waals surface area contributed by atoms with Crippen molar-refractivity contribution >= 4 is 28.5 Å². The van der Waals surface area contributed by atoms with Gasteiger partial charge in [0.2, 0.25) is 5.88 Å². The summed E-state index contributed by atoms with van der Waals surface area (Å²) in [7, 11) is 0. The standard InChI is InChI=1S/C27H24N2O4/c1-16-11-21(17(2)28-23-10-6-5-9-20(23)27(31)32)26-22(12-16)24(30)13-25(33-26)29-14-18-7-3-4-8-19(18)15-29/h3-13,17,28H,14-15H2,1-2H3,(H,31,32). The second kappa shape index (κ2) is 8.13. The van der Waals surface area contributed by atoms with Crippen LogP contribution in [0.2, 0.25) is 0 Å². The summed E-state index contributed by atoms with van der Waals surface area (Å²) < 4.78 is 6.35. The number of nitrogens with one attached hydrogen (secondary N) is 1. The van der Waals surface area contributed by atoms with Crippen molar-refractivity contribution in [2.45, 2.75) is 33.0 Å². The summed E-state index contributed by atoms with van der Waals surface area (Å²) in [5.41, 5.74) is 5.33. The molecule has 166 valence electrons. The van der Waals surface area contributed by atoms with Gasteiger partial charge in [0, 0.05) is 30.4 Å². The zero-order chi connectivity index (χ0) is 23.1. The Balaban J connectivity index is 1.57. The first-order valence-electron chi connectivity index (χ1n) is 10.9. The molecular formula is C27H24N2O4. The first-order chi connectivity index (χ1) is 15.9. The number of benzene rings is 3. The van der Waals surface area contributed by atoms with Crippen LogP contribution in [0.25, 0.3) is 11.0 Å². The highest BCUT2D eigenvalue weighted by atomic mass is 16.4. The number of hydrogen-bond acceptors (Lipinski definition) is 5. The summed E-state index contributed by atoms with van der Waals surface area (Å²) in [6, 6.07) is 20.1. The molecular weight excluding hydrogens is 416 g/mol. The maximum Gasteiger partial charge on any atom is 0.337 e. The van der Waals surface area contributed by atoms with E-state index in [1.54, 1.807) is 30.3 Å². The Labute approximate surface area is 191 Å². The lowest BCUT2D eigenvalue weighted by molar-refractivity contribution is 0.0698. The van der Waals surface area contributed by atoms with Crippen molar-refractivity contribution in [3.63, 3.8) is 0 Å². The van der Waals surface area contributed by atoms with Crippen molar-refractivity contribution in [3.8, 4) is 0 Å². The van der Waals surface area contributed by atoms with Crippen LogP contribution in [0.1, 0.15) is 45.6 Å². The van der Waals surface area contributed by atoms with Crippen LogP contribution in [0, 0.1) is 6.92 Å². The summed E-state index contributed by atoms with van der Waals surface area (Å²) in [5.74, 6) is -0.464. The van der Waals surface area contributed by atoms with Crippen molar-refractivity contribution < 1.29 is 14.3 Å². The number of carboxylic acids is 1. The average Bonchev–Trinajstić information content (AvgIpc) is 3.23. The zero-order valence-electron chi connectivity index (χ0n) is 18.5. The number of aromatic carboxylic acids is 1.